The number of carbonyl (C=O) groups is 1. The van der Waals surface area contributed by atoms with Crippen molar-refractivity contribution in [3.05, 3.63) is 36.0 Å². The molecule has 2 N–H and O–H groups in total. The van der Waals surface area contributed by atoms with Crippen molar-refractivity contribution in [2.75, 3.05) is 19.6 Å². The summed E-state index contributed by atoms with van der Waals surface area (Å²) >= 11 is 0. The third kappa shape index (κ3) is 3.14. The summed E-state index contributed by atoms with van der Waals surface area (Å²) in [6, 6.07) is 9.72. The maximum Gasteiger partial charge on any atom is 0.271 e. The highest BCUT2D eigenvalue weighted by atomic mass is 16.3. The normalized spacial score (nSPS) is 22.0. The second-order valence-electron chi connectivity index (χ2n) is 7.16. The van der Waals surface area contributed by atoms with Crippen molar-refractivity contribution in [3.8, 4) is 17.0 Å². The van der Waals surface area contributed by atoms with Crippen LogP contribution in [0.1, 0.15) is 36.7 Å². The van der Waals surface area contributed by atoms with Crippen LogP contribution in [0.15, 0.2) is 30.3 Å². The lowest BCUT2D eigenvalue weighted by molar-refractivity contribution is 0.00181. The number of amides is 1. The van der Waals surface area contributed by atoms with E-state index < -0.39 is 0 Å². The maximum absolute atomic E-state index is 12.6. The highest BCUT2D eigenvalue weighted by Gasteiger charge is 2.38. The molecule has 0 unspecified atom stereocenters. The molecule has 25 heavy (non-hydrogen) atoms. The zero-order chi connectivity index (χ0) is 17.4. The molecule has 1 aromatic carbocycles. The molecular weight excluding hydrogens is 316 g/mol. The lowest BCUT2D eigenvalue weighted by Gasteiger charge is -2.49. The molecule has 0 aliphatic carbocycles. The Balaban J connectivity index is 1.39. The predicted octanol–water partition coefficient (Wildman–Crippen LogP) is 2.48. The van der Waals surface area contributed by atoms with Crippen LogP contribution in [0.3, 0.4) is 0 Å². The molecular formula is C19H24N4O2. The van der Waals surface area contributed by atoms with Gasteiger partial charge in [0, 0.05) is 30.7 Å². The van der Waals surface area contributed by atoms with E-state index in [0.717, 1.165) is 25.2 Å². The molecule has 6 heteroatoms. The minimum absolute atomic E-state index is 0.0124. The Labute approximate surface area is 147 Å². The maximum atomic E-state index is 12.6. The van der Waals surface area contributed by atoms with Crippen molar-refractivity contribution >= 4 is 5.91 Å². The number of likely N-dealkylation sites (tertiary alicyclic amines) is 2. The first-order chi connectivity index (χ1) is 12.1. The largest absolute Gasteiger partial charge is 0.508 e. The summed E-state index contributed by atoms with van der Waals surface area (Å²) in [5.41, 5.74) is 2.11. The van der Waals surface area contributed by atoms with Gasteiger partial charge < -0.3 is 10.0 Å². The topological polar surface area (TPSA) is 72.5 Å². The van der Waals surface area contributed by atoms with Crippen molar-refractivity contribution in [1.29, 1.82) is 0 Å². The van der Waals surface area contributed by atoms with Crippen LogP contribution < -0.4 is 0 Å². The molecule has 0 spiro atoms. The standard InChI is InChI=1S/C19H24N4O2/c1-13-4-2-3-9-23(13)15-11-22(12-15)19(25)18-10-17(20-21-18)14-5-7-16(24)8-6-14/h5-8,10,13,15,24H,2-4,9,11-12H2,1H3,(H,20,21)/t13-/m0/s1. The first-order valence-electron chi connectivity index (χ1n) is 9.01. The number of hydrogen-bond acceptors (Lipinski definition) is 4. The van der Waals surface area contributed by atoms with E-state index in [1.807, 2.05) is 4.90 Å². The van der Waals surface area contributed by atoms with Crippen LogP contribution in [0.25, 0.3) is 11.3 Å². The minimum atomic E-state index is 0.0124. The van der Waals surface area contributed by atoms with Crippen LogP contribution in [0.5, 0.6) is 5.75 Å². The zero-order valence-corrected chi connectivity index (χ0v) is 14.5. The smallest absolute Gasteiger partial charge is 0.271 e. The lowest BCUT2D eigenvalue weighted by atomic mass is 9.97. The van der Waals surface area contributed by atoms with E-state index in [9.17, 15) is 9.90 Å². The summed E-state index contributed by atoms with van der Waals surface area (Å²) in [5.74, 6) is 0.229. The van der Waals surface area contributed by atoms with Gasteiger partial charge in [-0.25, -0.2) is 0 Å². The number of phenolic OH excluding ortho intramolecular Hbond substituents is 1. The molecule has 1 aromatic heterocycles. The fraction of sp³-hybridized carbons (Fsp3) is 0.474. The summed E-state index contributed by atoms with van der Waals surface area (Å²) in [7, 11) is 0. The van der Waals surface area contributed by atoms with Gasteiger partial charge >= 0.3 is 0 Å². The van der Waals surface area contributed by atoms with E-state index >= 15 is 0 Å². The molecule has 1 atom stereocenters. The lowest BCUT2D eigenvalue weighted by Crippen LogP contribution is -2.63. The van der Waals surface area contributed by atoms with Gasteiger partial charge in [-0.15, -0.1) is 0 Å². The number of aromatic hydroxyl groups is 1. The molecule has 0 radical (unpaired) electrons. The number of nitrogens with one attached hydrogen (secondary N) is 1. The van der Waals surface area contributed by atoms with Gasteiger partial charge in [-0.05, 0) is 56.6 Å². The highest BCUT2D eigenvalue weighted by Crippen LogP contribution is 2.26. The van der Waals surface area contributed by atoms with Crippen LogP contribution in [0.4, 0.5) is 0 Å². The molecule has 2 aliphatic heterocycles. The summed E-state index contributed by atoms with van der Waals surface area (Å²) in [6.07, 6.45) is 3.85. The molecule has 1 amide bonds. The Bertz CT molecular complexity index is 749. The quantitative estimate of drug-likeness (QED) is 0.900. The molecule has 132 valence electrons. The summed E-state index contributed by atoms with van der Waals surface area (Å²) < 4.78 is 0. The number of nitrogens with zero attached hydrogens (tertiary/aromatic N) is 3. The predicted molar refractivity (Wildman–Crippen MR) is 95.4 cm³/mol. The van der Waals surface area contributed by atoms with Crippen molar-refractivity contribution in [2.45, 2.75) is 38.3 Å². The van der Waals surface area contributed by atoms with E-state index in [1.54, 1.807) is 30.3 Å². The molecule has 2 saturated heterocycles. The van der Waals surface area contributed by atoms with Crippen LogP contribution in [-0.2, 0) is 0 Å². The van der Waals surface area contributed by atoms with Gasteiger partial charge in [0.25, 0.3) is 5.91 Å². The Morgan fingerprint density at radius 1 is 1.24 bits per heavy atom. The van der Waals surface area contributed by atoms with Gasteiger partial charge in [-0.1, -0.05) is 6.42 Å². The van der Waals surface area contributed by atoms with Gasteiger partial charge in [0.15, 0.2) is 0 Å². The summed E-state index contributed by atoms with van der Waals surface area (Å²) in [6.45, 7) is 5.05. The SMILES string of the molecule is C[C@H]1CCCCN1C1CN(C(=O)c2cc(-c3ccc(O)cc3)n[nH]2)C1. The Morgan fingerprint density at radius 2 is 2.00 bits per heavy atom. The van der Waals surface area contributed by atoms with E-state index in [4.69, 9.17) is 0 Å². The van der Waals surface area contributed by atoms with Gasteiger partial charge in [0.2, 0.25) is 0 Å². The van der Waals surface area contributed by atoms with Crippen LogP contribution >= 0.6 is 0 Å². The van der Waals surface area contributed by atoms with Crippen molar-refractivity contribution in [3.63, 3.8) is 0 Å². The molecule has 3 heterocycles. The number of phenols is 1. The Hall–Kier alpha value is -2.34. The number of piperidine rings is 1. The fourth-order valence-electron chi connectivity index (χ4n) is 3.88. The first-order valence-corrected chi connectivity index (χ1v) is 9.01. The van der Waals surface area contributed by atoms with Crippen molar-refractivity contribution in [1.82, 2.24) is 20.0 Å². The first kappa shape index (κ1) is 16.1. The third-order valence-electron chi connectivity index (χ3n) is 5.44. The third-order valence-corrected chi connectivity index (χ3v) is 5.44. The number of aromatic amines is 1. The van der Waals surface area contributed by atoms with Gasteiger partial charge in [0.05, 0.1) is 5.69 Å². The summed E-state index contributed by atoms with van der Waals surface area (Å²) in [5, 5.41) is 16.5. The minimum Gasteiger partial charge on any atom is -0.508 e. The zero-order valence-electron chi connectivity index (χ0n) is 14.5. The number of aromatic nitrogens is 2. The van der Waals surface area contributed by atoms with Crippen molar-refractivity contribution in [2.24, 2.45) is 0 Å². The number of rotatable bonds is 3. The van der Waals surface area contributed by atoms with E-state index in [0.29, 0.717) is 23.5 Å². The monoisotopic (exact) mass is 340 g/mol. The molecule has 4 rings (SSSR count). The highest BCUT2D eigenvalue weighted by molar-refractivity contribution is 5.94. The number of carbonyl (C=O) groups excluding carboxylic acids is 1. The number of benzene rings is 1. The van der Waals surface area contributed by atoms with Crippen molar-refractivity contribution < 1.29 is 9.90 Å². The average molecular weight is 340 g/mol. The van der Waals surface area contributed by atoms with E-state index in [-0.39, 0.29) is 11.7 Å². The number of H-pyrrole nitrogens is 1. The van der Waals surface area contributed by atoms with Crippen LogP contribution in [-0.4, -0.2) is 62.7 Å². The molecule has 2 aliphatic rings. The molecule has 6 nitrogen and oxygen atoms in total. The molecule has 0 bridgehead atoms. The number of hydrogen-bond donors (Lipinski definition) is 2. The summed E-state index contributed by atoms with van der Waals surface area (Å²) in [4.78, 5) is 17.1. The fourth-order valence-corrected chi connectivity index (χ4v) is 3.88. The van der Waals surface area contributed by atoms with Gasteiger partial charge in [-0.3, -0.25) is 14.8 Å². The van der Waals surface area contributed by atoms with Crippen LogP contribution in [0.2, 0.25) is 0 Å². The molecule has 2 fully saturated rings. The van der Waals surface area contributed by atoms with Gasteiger partial charge in [-0.2, -0.15) is 5.10 Å². The Kier molecular flexibility index (Phi) is 4.21. The van der Waals surface area contributed by atoms with Crippen LogP contribution in [0, 0.1) is 0 Å². The molecule has 0 saturated carbocycles. The average Bonchev–Trinajstić information content (AvgIpc) is 3.06. The second kappa shape index (κ2) is 6.52. The Morgan fingerprint density at radius 3 is 2.72 bits per heavy atom. The second-order valence-corrected chi connectivity index (χ2v) is 7.16. The van der Waals surface area contributed by atoms with E-state index in [1.165, 1.54) is 19.3 Å². The van der Waals surface area contributed by atoms with E-state index in [2.05, 4.69) is 22.0 Å². The molecule has 2 aromatic rings. The van der Waals surface area contributed by atoms with Gasteiger partial charge in [0.1, 0.15) is 11.4 Å².